The van der Waals surface area contributed by atoms with Crippen molar-refractivity contribution in [3.8, 4) is 11.6 Å². The molecule has 0 saturated carbocycles. The molecule has 1 heterocycles. The van der Waals surface area contributed by atoms with Crippen molar-refractivity contribution in [3.63, 3.8) is 0 Å². The van der Waals surface area contributed by atoms with Crippen molar-refractivity contribution in [3.05, 3.63) is 46.3 Å². The maximum Gasteiger partial charge on any atom is 0.259 e. The molecule has 0 unspecified atom stereocenters. The lowest BCUT2D eigenvalue weighted by Gasteiger charge is -2.07. The van der Waals surface area contributed by atoms with Gasteiger partial charge in [-0.25, -0.2) is 9.37 Å². The standard InChI is InChI=1S/C11H7BrF2N2O/c1-6-10(14)11(16-5-15-6)17-9-4-7(12)2-3-8(9)13/h2-5H,1H3. The SMILES string of the molecule is Cc1ncnc(Oc2cc(Br)ccc2F)c1F. The number of hydrogen-bond acceptors (Lipinski definition) is 3. The van der Waals surface area contributed by atoms with Crippen molar-refractivity contribution in [2.75, 3.05) is 0 Å². The van der Waals surface area contributed by atoms with Crippen LogP contribution >= 0.6 is 15.9 Å². The van der Waals surface area contributed by atoms with Crippen LogP contribution in [0.15, 0.2) is 29.0 Å². The average molecular weight is 301 g/mol. The molecule has 88 valence electrons. The van der Waals surface area contributed by atoms with Crippen molar-refractivity contribution in [2.24, 2.45) is 0 Å². The molecule has 0 fully saturated rings. The molecule has 0 aliphatic carbocycles. The summed E-state index contributed by atoms with van der Waals surface area (Å²) in [6, 6.07) is 4.13. The highest BCUT2D eigenvalue weighted by atomic mass is 79.9. The lowest BCUT2D eigenvalue weighted by Crippen LogP contribution is -1.98. The molecule has 2 rings (SSSR count). The van der Waals surface area contributed by atoms with E-state index in [0.717, 1.165) is 6.33 Å². The molecule has 0 aliphatic heterocycles. The molecular formula is C11H7BrF2N2O. The Labute approximate surface area is 105 Å². The molecule has 2 aromatic rings. The minimum Gasteiger partial charge on any atom is -0.433 e. The Balaban J connectivity index is 2.38. The summed E-state index contributed by atoms with van der Waals surface area (Å²) in [5.41, 5.74) is 0.144. The van der Waals surface area contributed by atoms with Gasteiger partial charge < -0.3 is 4.74 Å². The first kappa shape index (κ1) is 11.9. The van der Waals surface area contributed by atoms with E-state index in [9.17, 15) is 8.78 Å². The fourth-order valence-electron chi connectivity index (χ4n) is 1.17. The predicted molar refractivity (Wildman–Crippen MR) is 60.9 cm³/mol. The summed E-state index contributed by atoms with van der Waals surface area (Å²) >= 11 is 3.17. The third kappa shape index (κ3) is 2.58. The molecule has 1 aromatic heterocycles. The lowest BCUT2D eigenvalue weighted by molar-refractivity contribution is 0.393. The van der Waals surface area contributed by atoms with E-state index in [2.05, 4.69) is 25.9 Å². The Bertz CT molecular complexity index is 563. The van der Waals surface area contributed by atoms with E-state index in [1.165, 1.54) is 25.1 Å². The monoisotopic (exact) mass is 300 g/mol. The summed E-state index contributed by atoms with van der Waals surface area (Å²) in [5.74, 6) is -1.69. The second-order valence-corrected chi connectivity index (χ2v) is 4.17. The van der Waals surface area contributed by atoms with Crippen LogP contribution in [0.3, 0.4) is 0 Å². The summed E-state index contributed by atoms with van der Waals surface area (Å²) in [4.78, 5) is 7.27. The number of ether oxygens (including phenoxy) is 1. The Morgan fingerprint density at radius 3 is 2.76 bits per heavy atom. The first-order valence-corrected chi connectivity index (χ1v) is 5.47. The van der Waals surface area contributed by atoms with Gasteiger partial charge in [-0.05, 0) is 25.1 Å². The van der Waals surface area contributed by atoms with Crippen LogP contribution in [0.25, 0.3) is 0 Å². The second-order valence-electron chi connectivity index (χ2n) is 3.26. The maximum atomic E-state index is 13.5. The molecule has 0 radical (unpaired) electrons. The Morgan fingerprint density at radius 2 is 2.00 bits per heavy atom. The van der Waals surface area contributed by atoms with Gasteiger partial charge in [0.1, 0.15) is 6.33 Å². The van der Waals surface area contributed by atoms with Crippen molar-refractivity contribution in [1.29, 1.82) is 0 Å². The number of halogens is 3. The topological polar surface area (TPSA) is 35.0 Å². The van der Waals surface area contributed by atoms with Gasteiger partial charge in [0.25, 0.3) is 5.88 Å². The van der Waals surface area contributed by atoms with Crippen molar-refractivity contribution >= 4 is 15.9 Å². The van der Waals surface area contributed by atoms with Gasteiger partial charge in [-0.3, -0.25) is 0 Å². The number of aromatic nitrogens is 2. The van der Waals surface area contributed by atoms with Gasteiger partial charge >= 0.3 is 0 Å². The number of nitrogens with zero attached hydrogens (tertiary/aromatic N) is 2. The fraction of sp³-hybridized carbons (Fsp3) is 0.0909. The van der Waals surface area contributed by atoms with E-state index in [4.69, 9.17) is 4.74 Å². The Hall–Kier alpha value is -1.56. The molecule has 0 N–H and O–H groups in total. The smallest absolute Gasteiger partial charge is 0.259 e. The zero-order valence-corrected chi connectivity index (χ0v) is 10.3. The van der Waals surface area contributed by atoms with E-state index in [1.807, 2.05) is 0 Å². The van der Waals surface area contributed by atoms with E-state index >= 15 is 0 Å². The van der Waals surface area contributed by atoms with E-state index in [-0.39, 0.29) is 17.3 Å². The molecule has 3 nitrogen and oxygen atoms in total. The minimum atomic E-state index is -0.702. The van der Waals surface area contributed by atoms with Crippen LogP contribution in [0, 0.1) is 18.6 Å². The third-order valence-electron chi connectivity index (χ3n) is 2.03. The highest BCUT2D eigenvalue weighted by molar-refractivity contribution is 9.10. The molecule has 0 atom stereocenters. The highest BCUT2D eigenvalue weighted by Gasteiger charge is 2.12. The second kappa shape index (κ2) is 4.75. The molecule has 1 aromatic carbocycles. The summed E-state index contributed by atoms with van der Waals surface area (Å²) in [6.07, 6.45) is 1.16. The average Bonchev–Trinajstić information content (AvgIpc) is 2.30. The van der Waals surface area contributed by atoms with E-state index in [1.54, 1.807) is 0 Å². The summed E-state index contributed by atoms with van der Waals surface area (Å²) in [5, 5.41) is 0. The minimum absolute atomic E-state index is 0.101. The molecule has 0 bridgehead atoms. The zero-order chi connectivity index (χ0) is 12.4. The molecule has 6 heteroatoms. The quantitative estimate of drug-likeness (QED) is 0.850. The Kier molecular flexibility index (Phi) is 3.33. The number of hydrogen-bond donors (Lipinski definition) is 0. The van der Waals surface area contributed by atoms with Gasteiger partial charge in [0, 0.05) is 4.47 Å². The molecular weight excluding hydrogens is 294 g/mol. The van der Waals surface area contributed by atoms with Gasteiger partial charge in [-0.1, -0.05) is 15.9 Å². The van der Waals surface area contributed by atoms with Crippen LogP contribution in [-0.2, 0) is 0 Å². The molecule has 0 spiro atoms. The van der Waals surface area contributed by atoms with Gasteiger partial charge in [0.05, 0.1) is 5.69 Å². The van der Waals surface area contributed by atoms with Gasteiger partial charge in [-0.15, -0.1) is 0 Å². The van der Waals surface area contributed by atoms with E-state index < -0.39 is 11.6 Å². The van der Waals surface area contributed by atoms with Crippen molar-refractivity contribution in [1.82, 2.24) is 9.97 Å². The van der Waals surface area contributed by atoms with Crippen LogP contribution in [0.2, 0.25) is 0 Å². The van der Waals surface area contributed by atoms with Crippen molar-refractivity contribution in [2.45, 2.75) is 6.92 Å². The predicted octanol–water partition coefficient (Wildman–Crippen LogP) is 3.62. The number of rotatable bonds is 2. The molecule has 0 amide bonds. The van der Waals surface area contributed by atoms with Crippen molar-refractivity contribution < 1.29 is 13.5 Å². The zero-order valence-electron chi connectivity index (χ0n) is 8.75. The van der Waals surface area contributed by atoms with Gasteiger partial charge in [0.15, 0.2) is 11.6 Å². The molecule has 0 aliphatic rings. The lowest BCUT2D eigenvalue weighted by atomic mass is 10.3. The van der Waals surface area contributed by atoms with Crippen LogP contribution in [-0.4, -0.2) is 9.97 Å². The number of benzene rings is 1. The van der Waals surface area contributed by atoms with Crippen LogP contribution < -0.4 is 4.74 Å². The van der Waals surface area contributed by atoms with Gasteiger partial charge in [-0.2, -0.15) is 9.37 Å². The highest BCUT2D eigenvalue weighted by Crippen LogP contribution is 2.28. The van der Waals surface area contributed by atoms with Crippen LogP contribution in [0.1, 0.15) is 5.69 Å². The molecule has 0 saturated heterocycles. The first-order valence-electron chi connectivity index (χ1n) is 4.68. The summed E-state index contributed by atoms with van der Waals surface area (Å²) in [7, 11) is 0. The number of aryl methyl sites for hydroxylation is 1. The van der Waals surface area contributed by atoms with Crippen LogP contribution in [0.5, 0.6) is 11.6 Å². The Morgan fingerprint density at radius 1 is 1.24 bits per heavy atom. The normalized spacial score (nSPS) is 10.4. The third-order valence-corrected chi connectivity index (χ3v) is 2.52. The van der Waals surface area contributed by atoms with Crippen LogP contribution in [0.4, 0.5) is 8.78 Å². The maximum absolute atomic E-state index is 13.5. The summed E-state index contributed by atoms with van der Waals surface area (Å²) < 4.78 is 32.6. The molecule has 17 heavy (non-hydrogen) atoms. The van der Waals surface area contributed by atoms with E-state index in [0.29, 0.717) is 4.47 Å². The largest absolute Gasteiger partial charge is 0.433 e. The fourth-order valence-corrected chi connectivity index (χ4v) is 1.51. The van der Waals surface area contributed by atoms with Gasteiger partial charge in [0.2, 0.25) is 5.82 Å². The first-order chi connectivity index (χ1) is 8.08. The summed E-state index contributed by atoms with van der Waals surface area (Å²) in [6.45, 7) is 1.47.